The quantitative estimate of drug-likeness (QED) is 0.842. The summed E-state index contributed by atoms with van der Waals surface area (Å²) < 4.78 is 39.4. The molecule has 0 radical (unpaired) electrons. The molecular weight excluding hydrogens is 339 g/mol. The summed E-state index contributed by atoms with van der Waals surface area (Å²) in [7, 11) is 0. The number of piperazine rings is 1. The Labute approximate surface area is 137 Å². The molecule has 0 aliphatic carbocycles. The van der Waals surface area contributed by atoms with Crippen LogP contribution in [0.4, 0.5) is 13.2 Å². The topological polar surface area (TPSA) is 44.4 Å². The molecule has 0 aromatic carbocycles. The highest BCUT2D eigenvalue weighted by molar-refractivity contribution is 7.07. The molecule has 2 heterocycles. The smallest absolute Gasteiger partial charge is 0.354 e. The fourth-order valence-corrected chi connectivity index (χ4v) is 2.97. The van der Waals surface area contributed by atoms with E-state index in [-0.39, 0.29) is 24.7 Å². The van der Waals surface area contributed by atoms with E-state index < -0.39 is 18.8 Å². The largest absolute Gasteiger partial charge is 0.405 e. The van der Waals surface area contributed by atoms with Crippen molar-refractivity contribution in [3.05, 3.63) is 22.4 Å². The molecule has 1 fully saturated rings. The maximum atomic E-state index is 13.1. The second-order valence-corrected chi connectivity index (χ2v) is 5.74. The number of halogens is 4. The van der Waals surface area contributed by atoms with Gasteiger partial charge in [0.1, 0.15) is 6.04 Å². The van der Waals surface area contributed by atoms with E-state index in [9.17, 15) is 18.0 Å². The maximum absolute atomic E-state index is 13.1. The van der Waals surface area contributed by atoms with Crippen LogP contribution in [0.25, 0.3) is 0 Å². The van der Waals surface area contributed by atoms with Gasteiger partial charge in [-0.05, 0) is 22.4 Å². The molecule has 1 aliphatic heterocycles. The molecule has 1 aromatic rings. The van der Waals surface area contributed by atoms with Crippen LogP contribution in [0.2, 0.25) is 0 Å². The lowest BCUT2D eigenvalue weighted by Crippen LogP contribution is -2.57. The molecule has 22 heavy (non-hydrogen) atoms. The van der Waals surface area contributed by atoms with Gasteiger partial charge < -0.3 is 10.6 Å². The summed E-state index contributed by atoms with van der Waals surface area (Å²) >= 11 is 1.46. The highest BCUT2D eigenvalue weighted by Crippen LogP contribution is 2.24. The third kappa shape index (κ3) is 5.75. The zero-order valence-corrected chi connectivity index (χ0v) is 13.5. The zero-order valence-electron chi connectivity index (χ0n) is 11.9. The molecule has 0 saturated carbocycles. The molecule has 0 spiro atoms. The Morgan fingerprint density at radius 3 is 2.64 bits per heavy atom. The maximum Gasteiger partial charge on any atom is 0.405 e. The van der Waals surface area contributed by atoms with E-state index >= 15 is 0 Å². The van der Waals surface area contributed by atoms with Crippen molar-refractivity contribution >= 4 is 29.7 Å². The fourth-order valence-electron chi connectivity index (χ4n) is 2.30. The number of carbonyl (C=O) groups is 1. The summed E-state index contributed by atoms with van der Waals surface area (Å²) in [6.07, 6.45) is -4.22. The number of amides is 1. The molecule has 126 valence electrons. The van der Waals surface area contributed by atoms with Crippen LogP contribution in [0.15, 0.2) is 16.8 Å². The van der Waals surface area contributed by atoms with E-state index in [4.69, 9.17) is 0 Å². The van der Waals surface area contributed by atoms with Crippen LogP contribution >= 0.6 is 23.7 Å². The second kappa shape index (κ2) is 8.71. The number of hydrogen-bond acceptors (Lipinski definition) is 4. The van der Waals surface area contributed by atoms with Crippen molar-refractivity contribution in [3.63, 3.8) is 0 Å². The number of alkyl halides is 3. The van der Waals surface area contributed by atoms with E-state index in [1.54, 1.807) is 6.07 Å². The van der Waals surface area contributed by atoms with Gasteiger partial charge in [-0.1, -0.05) is 0 Å². The number of nitrogens with one attached hydrogen (secondary N) is 2. The van der Waals surface area contributed by atoms with Gasteiger partial charge in [0.05, 0.1) is 6.42 Å². The van der Waals surface area contributed by atoms with Gasteiger partial charge in [-0.15, -0.1) is 12.4 Å². The summed E-state index contributed by atoms with van der Waals surface area (Å²) in [6, 6.07) is 0.174. The summed E-state index contributed by atoms with van der Waals surface area (Å²) in [6.45, 7) is 1.35. The molecule has 1 amide bonds. The summed E-state index contributed by atoms with van der Waals surface area (Å²) in [4.78, 5) is 13.1. The third-order valence-corrected chi connectivity index (χ3v) is 4.14. The Hall–Kier alpha value is -0.830. The highest BCUT2D eigenvalue weighted by Gasteiger charge is 2.43. The van der Waals surface area contributed by atoms with Crippen molar-refractivity contribution in [2.75, 3.05) is 32.7 Å². The van der Waals surface area contributed by atoms with Crippen LogP contribution < -0.4 is 10.6 Å². The highest BCUT2D eigenvalue weighted by atomic mass is 35.5. The number of rotatable bonds is 5. The third-order valence-electron chi connectivity index (χ3n) is 3.41. The summed E-state index contributed by atoms with van der Waals surface area (Å²) in [5, 5.41) is 9.08. The molecule has 9 heteroatoms. The van der Waals surface area contributed by atoms with E-state index in [1.165, 1.54) is 16.2 Å². The van der Waals surface area contributed by atoms with Crippen molar-refractivity contribution in [2.24, 2.45) is 0 Å². The summed E-state index contributed by atoms with van der Waals surface area (Å²) in [5.41, 5.74) is 0.822. The summed E-state index contributed by atoms with van der Waals surface area (Å²) in [5.74, 6) is -0.377. The standard InChI is InChI=1S/C13H18F3N3OS.ClH/c14-13(15,16)11(19-4-2-17-3-5-19)8-18-12(20)7-10-1-6-21-9-10;/h1,6,9,11,17H,2-5,7-8H2,(H,18,20);1H. The van der Waals surface area contributed by atoms with Crippen LogP contribution in [0.5, 0.6) is 0 Å². The average Bonchev–Trinajstić information content (AvgIpc) is 2.91. The molecule has 1 unspecified atom stereocenters. The molecule has 1 atom stereocenters. The van der Waals surface area contributed by atoms with Gasteiger partial charge in [-0.2, -0.15) is 24.5 Å². The molecular formula is C13H19ClF3N3OS. The normalized spacial score (nSPS) is 17.6. The van der Waals surface area contributed by atoms with Crippen molar-refractivity contribution in [3.8, 4) is 0 Å². The first-order chi connectivity index (χ1) is 9.97. The molecule has 2 N–H and O–H groups in total. The predicted octanol–water partition coefficient (Wildman–Crippen LogP) is 1.66. The zero-order chi connectivity index (χ0) is 15.3. The van der Waals surface area contributed by atoms with E-state index in [1.807, 2.05) is 10.8 Å². The van der Waals surface area contributed by atoms with Crippen LogP contribution in [-0.2, 0) is 11.2 Å². The fraction of sp³-hybridized carbons (Fsp3) is 0.615. The van der Waals surface area contributed by atoms with Gasteiger partial charge >= 0.3 is 6.18 Å². The lowest BCUT2D eigenvalue weighted by molar-refractivity contribution is -0.184. The van der Waals surface area contributed by atoms with Gasteiger partial charge in [0, 0.05) is 32.7 Å². The Balaban J connectivity index is 0.00000242. The Morgan fingerprint density at radius 1 is 1.41 bits per heavy atom. The average molecular weight is 358 g/mol. The first kappa shape index (κ1) is 19.2. The lowest BCUT2D eigenvalue weighted by Gasteiger charge is -2.35. The number of nitrogens with zero attached hydrogens (tertiary/aromatic N) is 1. The minimum absolute atomic E-state index is 0. The van der Waals surface area contributed by atoms with Crippen molar-refractivity contribution in [1.29, 1.82) is 0 Å². The molecule has 2 rings (SSSR count). The molecule has 1 aliphatic rings. The monoisotopic (exact) mass is 357 g/mol. The molecule has 0 bridgehead atoms. The van der Waals surface area contributed by atoms with Crippen LogP contribution in [-0.4, -0.2) is 55.7 Å². The molecule has 1 saturated heterocycles. The number of thiophene rings is 1. The minimum Gasteiger partial charge on any atom is -0.354 e. The predicted molar refractivity (Wildman–Crippen MR) is 82.6 cm³/mol. The van der Waals surface area contributed by atoms with Gasteiger partial charge in [0.15, 0.2) is 0 Å². The molecule has 4 nitrogen and oxygen atoms in total. The van der Waals surface area contributed by atoms with Crippen molar-refractivity contribution in [2.45, 2.75) is 18.6 Å². The Bertz CT molecular complexity index is 450. The Morgan fingerprint density at radius 2 is 2.09 bits per heavy atom. The number of hydrogen-bond donors (Lipinski definition) is 2. The first-order valence-electron chi connectivity index (χ1n) is 6.76. The SMILES string of the molecule is Cl.O=C(Cc1ccsc1)NCC(N1CCNCC1)C(F)(F)F. The van der Waals surface area contributed by atoms with Crippen molar-refractivity contribution in [1.82, 2.24) is 15.5 Å². The van der Waals surface area contributed by atoms with E-state index in [2.05, 4.69) is 10.6 Å². The van der Waals surface area contributed by atoms with Gasteiger partial charge in [0.2, 0.25) is 5.91 Å². The molecule has 1 aromatic heterocycles. The van der Waals surface area contributed by atoms with Crippen LogP contribution in [0.3, 0.4) is 0 Å². The van der Waals surface area contributed by atoms with E-state index in [0.717, 1.165) is 5.56 Å². The second-order valence-electron chi connectivity index (χ2n) is 4.96. The lowest BCUT2D eigenvalue weighted by atomic mass is 10.2. The minimum atomic E-state index is -4.34. The first-order valence-corrected chi connectivity index (χ1v) is 7.70. The Kier molecular flexibility index (Phi) is 7.61. The van der Waals surface area contributed by atoms with Crippen molar-refractivity contribution < 1.29 is 18.0 Å². The van der Waals surface area contributed by atoms with E-state index in [0.29, 0.717) is 26.2 Å². The van der Waals surface area contributed by atoms with Gasteiger partial charge in [0.25, 0.3) is 0 Å². The van der Waals surface area contributed by atoms with Crippen LogP contribution in [0, 0.1) is 0 Å². The van der Waals surface area contributed by atoms with Gasteiger partial charge in [-0.25, -0.2) is 0 Å². The van der Waals surface area contributed by atoms with Gasteiger partial charge in [-0.3, -0.25) is 9.69 Å². The number of carbonyl (C=O) groups excluding carboxylic acids is 1. The van der Waals surface area contributed by atoms with Crippen LogP contribution in [0.1, 0.15) is 5.56 Å².